The Labute approximate surface area is 112 Å². The first-order chi connectivity index (χ1) is 9.11. The summed E-state index contributed by atoms with van der Waals surface area (Å²) in [7, 11) is 0. The fraction of sp³-hybridized carbons (Fsp3) is 0. The van der Waals surface area contributed by atoms with Crippen LogP contribution < -0.4 is 11.1 Å². The van der Waals surface area contributed by atoms with E-state index in [1.54, 1.807) is 18.2 Å². The molecule has 2 heterocycles. The molecular weight excluding hydrogens is 269 g/mol. The maximum atomic E-state index is 13.0. The van der Waals surface area contributed by atoms with Crippen LogP contribution in [0.4, 0.5) is 21.7 Å². The van der Waals surface area contributed by atoms with E-state index in [1.165, 1.54) is 22.8 Å². The fourth-order valence-electron chi connectivity index (χ4n) is 1.67. The van der Waals surface area contributed by atoms with Gasteiger partial charge in [0.05, 0.1) is 16.9 Å². The summed E-state index contributed by atoms with van der Waals surface area (Å²) in [6.45, 7) is 0. The van der Waals surface area contributed by atoms with Gasteiger partial charge in [0.1, 0.15) is 5.82 Å². The van der Waals surface area contributed by atoms with Gasteiger partial charge in [0.15, 0.2) is 5.65 Å². The van der Waals surface area contributed by atoms with E-state index >= 15 is 0 Å². The van der Waals surface area contributed by atoms with Gasteiger partial charge in [-0.05, 0) is 30.3 Å². The summed E-state index contributed by atoms with van der Waals surface area (Å²) in [5.74, 6) is -0.0657. The normalized spacial score (nSPS) is 10.8. The molecule has 0 fully saturated rings. The second-order valence-corrected chi connectivity index (χ2v) is 4.36. The first-order valence-corrected chi connectivity index (χ1v) is 5.83. The molecule has 19 heavy (non-hydrogen) atoms. The number of nitrogens with two attached hydrogens (primary N) is 1. The molecule has 0 saturated heterocycles. The molecule has 5 nitrogen and oxygen atoms in total. The van der Waals surface area contributed by atoms with Crippen molar-refractivity contribution in [3.63, 3.8) is 0 Å². The molecule has 0 amide bonds. The third kappa shape index (κ3) is 2.30. The van der Waals surface area contributed by atoms with Gasteiger partial charge in [0, 0.05) is 5.69 Å². The lowest BCUT2D eigenvalue weighted by Gasteiger charge is -2.04. The molecule has 0 aliphatic carbocycles. The van der Waals surface area contributed by atoms with Crippen molar-refractivity contribution in [1.82, 2.24) is 14.6 Å². The third-order valence-corrected chi connectivity index (χ3v) is 2.86. The number of aromatic nitrogens is 3. The molecular formula is C12H9ClFN5. The van der Waals surface area contributed by atoms with Crippen LogP contribution in [0.2, 0.25) is 5.02 Å². The maximum Gasteiger partial charge on any atom is 0.247 e. The number of pyridine rings is 1. The van der Waals surface area contributed by atoms with E-state index in [-0.39, 0.29) is 5.82 Å². The van der Waals surface area contributed by atoms with Gasteiger partial charge in [-0.1, -0.05) is 11.6 Å². The zero-order valence-electron chi connectivity index (χ0n) is 9.64. The van der Waals surface area contributed by atoms with Crippen molar-refractivity contribution < 1.29 is 4.39 Å². The SMILES string of the molecule is Nc1ccc(Cl)c(Nc2nc3ccc(F)cn3n2)c1. The Kier molecular flexibility index (Phi) is 2.72. The molecule has 7 heteroatoms. The molecule has 3 rings (SSSR count). The van der Waals surface area contributed by atoms with Gasteiger partial charge >= 0.3 is 0 Å². The van der Waals surface area contributed by atoms with Crippen molar-refractivity contribution in [1.29, 1.82) is 0 Å². The minimum atomic E-state index is -0.383. The number of hydrogen-bond donors (Lipinski definition) is 2. The Morgan fingerprint density at radius 2 is 2.11 bits per heavy atom. The predicted octanol–water partition coefficient (Wildman–Crippen LogP) is 2.85. The van der Waals surface area contributed by atoms with Crippen LogP contribution in [0.25, 0.3) is 5.65 Å². The second-order valence-electron chi connectivity index (χ2n) is 3.95. The summed E-state index contributed by atoms with van der Waals surface area (Å²) < 4.78 is 14.4. The summed E-state index contributed by atoms with van der Waals surface area (Å²) in [6, 6.07) is 7.90. The van der Waals surface area contributed by atoms with Gasteiger partial charge in [0.2, 0.25) is 5.95 Å². The average molecular weight is 278 g/mol. The predicted molar refractivity (Wildman–Crippen MR) is 72.1 cm³/mol. The highest BCUT2D eigenvalue weighted by Gasteiger charge is 2.07. The summed E-state index contributed by atoms with van der Waals surface area (Å²) >= 11 is 6.03. The van der Waals surface area contributed by atoms with Gasteiger partial charge in [-0.25, -0.2) is 8.91 Å². The van der Waals surface area contributed by atoms with E-state index in [2.05, 4.69) is 15.4 Å². The van der Waals surface area contributed by atoms with Crippen LogP contribution in [-0.2, 0) is 0 Å². The second kappa shape index (κ2) is 4.40. The zero-order valence-corrected chi connectivity index (χ0v) is 10.4. The Morgan fingerprint density at radius 1 is 1.26 bits per heavy atom. The standard InChI is InChI=1S/C12H9ClFN5/c13-9-3-2-8(15)5-10(9)16-12-17-11-4-1-7(14)6-19(11)18-12/h1-6H,15H2,(H,16,18). The number of nitrogens with zero attached hydrogens (tertiary/aromatic N) is 3. The van der Waals surface area contributed by atoms with Crippen molar-refractivity contribution in [3.8, 4) is 0 Å². The monoisotopic (exact) mass is 277 g/mol. The average Bonchev–Trinajstić information content (AvgIpc) is 2.75. The Morgan fingerprint density at radius 3 is 2.95 bits per heavy atom. The van der Waals surface area contributed by atoms with Gasteiger partial charge in [-0.15, -0.1) is 5.10 Å². The molecule has 0 saturated carbocycles. The zero-order chi connectivity index (χ0) is 13.4. The van der Waals surface area contributed by atoms with Crippen molar-refractivity contribution in [2.24, 2.45) is 0 Å². The van der Waals surface area contributed by atoms with Crippen molar-refractivity contribution in [2.45, 2.75) is 0 Å². The van der Waals surface area contributed by atoms with E-state index in [1.807, 2.05) is 0 Å². The van der Waals surface area contributed by atoms with Crippen molar-refractivity contribution >= 4 is 34.6 Å². The fourth-order valence-corrected chi connectivity index (χ4v) is 1.83. The lowest BCUT2D eigenvalue weighted by Crippen LogP contribution is -1.95. The molecule has 2 aromatic heterocycles. The third-order valence-electron chi connectivity index (χ3n) is 2.53. The number of halogens is 2. The Bertz CT molecular complexity index is 755. The van der Waals surface area contributed by atoms with Crippen LogP contribution in [0.3, 0.4) is 0 Å². The highest BCUT2D eigenvalue weighted by molar-refractivity contribution is 6.33. The highest BCUT2D eigenvalue weighted by atomic mass is 35.5. The maximum absolute atomic E-state index is 13.0. The van der Waals surface area contributed by atoms with Crippen LogP contribution in [0, 0.1) is 5.82 Å². The van der Waals surface area contributed by atoms with Gasteiger partial charge in [0.25, 0.3) is 0 Å². The number of rotatable bonds is 2. The first kappa shape index (κ1) is 11.7. The van der Waals surface area contributed by atoms with Crippen molar-refractivity contribution in [2.75, 3.05) is 11.1 Å². The van der Waals surface area contributed by atoms with Crippen LogP contribution in [-0.4, -0.2) is 14.6 Å². The molecule has 0 aliphatic rings. The topological polar surface area (TPSA) is 68.2 Å². The minimum Gasteiger partial charge on any atom is -0.399 e. The lowest BCUT2D eigenvalue weighted by atomic mass is 10.3. The number of benzene rings is 1. The molecule has 0 radical (unpaired) electrons. The number of hydrogen-bond acceptors (Lipinski definition) is 4. The summed E-state index contributed by atoms with van der Waals surface area (Å²) in [5.41, 5.74) is 7.38. The number of nitrogen functional groups attached to an aromatic ring is 1. The lowest BCUT2D eigenvalue weighted by molar-refractivity contribution is 0.615. The highest BCUT2D eigenvalue weighted by Crippen LogP contribution is 2.26. The van der Waals surface area contributed by atoms with Crippen LogP contribution >= 0.6 is 11.6 Å². The van der Waals surface area contributed by atoms with Gasteiger partial charge < -0.3 is 11.1 Å². The van der Waals surface area contributed by atoms with E-state index in [4.69, 9.17) is 17.3 Å². The molecule has 3 aromatic rings. The van der Waals surface area contributed by atoms with Gasteiger partial charge in [-0.2, -0.15) is 4.98 Å². The largest absolute Gasteiger partial charge is 0.399 e. The quantitative estimate of drug-likeness (QED) is 0.707. The van der Waals surface area contributed by atoms with Gasteiger partial charge in [-0.3, -0.25) is 0 Å². The minimum absolute atomic E-state index is 0.318. The van der Waals surface area contributed by atoms with E-state index in [0.29, 0.717) is 28.0 Å². The summed E-state index contributed by atoms with van der Waals surface area (Å²) in [6.07, 6.45) is 1.24. The first-order valence-electron chi connectivity index (χ1n) is 5.46. The van der Waals surface area contributed by atoms with E-state index in [0.717, 1.165) is 0 Å². The summed E-state index contributed by atoms with van der Waals surface area (Å²) in [5, 5.41) is 7.54. The molecule has 3 N–H and O–H groups in total. The van der Waals surface area contributed by atoms with Crippen LogP contribution in [0.5, 0.6) is 0 Å². The smallest absolute Gasteiger partial charge is 0.247 e. The molecule has 96 valence electrons. The summed E-state index contributed by atoms with van der Waals surface area (Å²) in [4.78, 5) is 4.19. The van der Waals surface area contributed by atoms with E-state index < -0.39 is 0 Å². The molecule has 0 bridgehead atoms. The molecule has 1 aromatic carbocycles. The van der Waals surface area contributed by atoms with Crippen molar-refractivity contribution in [3.05, 3.63) is 47.4 Å². The Balaban J connectivity index is 1.98. The van der Waals surface area contributed by atoms with Crippen LogP contribution in [0.1, 0.15) is 0 Å². The Hall–Kier alpha value is -2.34. The molecule has 0 atom stereocenters. The number of anilines is 3. The molecule has 0 spiro atoms. The molecule has 0 aliphatic heterocycles. The van der Waals surface area contributed by atoms with E-state index in [9.17, 15) is 4.39 Å². The van der Waals surface area contributed by atoms with Crippen LogP contribution in [0.15, 0.2) is 36.5 Å². The molecule has 0 unspecified atom stereocenters. The number of nitrogens with one attached hydrogen (secondary N) is 1. The number of fused-ring (bicyclic) bond motifs is 1.